The number of rotatable bonds is 2. The number of benzene rings is 2. The molecular weight excluding hydrogens is 316 g/mol. The number of hydrogen-bond acceptors (Lipinski definition) is 5. The van der Waals surface area contributed by atoms with E-state index in [0.717, 1.165) is 0 Å². The number of carbonyl (C=O) groups excluding carboxylic acids is 2. The molecule has 1 aliphatic carbocycles. The highest BCUT2D eigenvalue weighted by Gasteiger charge is 2.28. The van der Waals surface area contributed by atoms with Crippen molar-refractivity contribution in [3.05, 3.63) is 101 Å². The lowest BCUT2D eigenvalue weighted by Crippen LogP contribution is -2.22. The van der Waals surface area contributed by atoms with Crippen molar-refractivity contribution in [2.75, 3.05) is 0 Å². The Bertz CT molecular complexity index is 959. The third kappa shape index (κ3) is 2.61. The molecule has 0 fully saturated rings. The molecule has 1 aliphatic rings. The van der Waals surface area contributed by atoms with Crippen LogP contribution in [-0.4, -0.2) is 22.4 Å². The Kier molecular flexibility index (Phi) is 3.67. The van der Waals surface area contributed by atoms with E-state index in [-0.39, 0.29) is 11.5 Å². The van der Waals surface area contributed by atoms with Crippen molar-refractivity contribution in [1.29, 1.82) is 0 Å². The summed E-state index contributed by atoms with van der Waals surface area (Å²) in [5, 5.41) is 4.05. The third-order valence-electron chi connectivity index (χ3n) is 3.95. The topological polar surface area (TPSA) is 68.6 Å². The third-order valence-corrected chi connectivity index (χ3v) is 3.95. The van der Waals surface area contributed by atoms with Crippen LogP contribution in [0.3, 0.4) is 0 Å². The molecule has 0 radical (unpaired) electrons. The summed E-state index contributed by atoms with van der Waals surface area (Å²) < 4.78 is 0. The lowest BCUT2D eigenvalue weighted by Gasteiger charge is -2.19. The number of pyridine rings is 1. The lowest BCUT2D eigenvalue weighted by molar-refractivity contribution is 0.0510. The van der Waals surface area contributed by atoms with Gasteiger partial charge in [0, 0.05) is 28.5 Å². The molecule has 5 nitrogen and oxygen atoms in total. The van der Waals surface area contributed by atoms with Gasteiger partial charge in [-0.25, -0.2) is 9.78 Å². The molecular formula is C20H12N2O3. The summed E-state index contributed by atoms with van der Waals surface area (Å²) in [6, 6.07) is 19.2. The van der Waals surface area contributed by atoms with Crippen LogP contribution in [0.25, 0.3) is 0 Å². The van der Waals surface area contributed by atoms with Crippen LogP contribution in [0.5, 0.6) is 0 Å². The number of carbonyl (C=O) groups is 2. The van der Waals surface area contributed by atoms with Crippen molar-refractivity contribution in [2.24, 2.45) is 5.16 Å². The van der Waals surface area contributed by atoms with Crippen LogP contribution >= 0.6 is 0 Å². The van der Waals surface area contributed by atoms with E-state index in [4.69, 9.17) is 4.84 Å². The number of aromatic nitrogens is 1. The molecule has 0 saturated heterocycles. The molecule has 0 unspecified atom stereocenters. The van der Waals surface area contributed by atoms with Gasteiger partial charge in [-0.3, -0.25) is 4.79 Å². The van der Waals surface area contributed by atoms with Crippen LogP contribution in [0, 0.1) is 0 Å². The van der Waals surface area contributed by atoms with Gasteiger partial charge in [0.1, 0.15) is 5.71 Å². The van der Waals surface area contributed by atoms with Crippen molar-refractivity contribution in [3.63, 3.8) is 0 Å². The minimum Gasteiger partial charge on any atom is -0.310 e. The lowest BCUT2D eigenvalue weighted by atomic mass is 9.84. The van der Waals surface area contributed by atoms with Gasteiger partial charge in [-0.15, -0.1) is 0 Å². The van der Waals surface area contributed by atoms with Gasteiger partial charge in [-0.05, 0) is 12.1 Å². The second-order valence-electron chi connectivity index (χ2n) is 5.45. The van der Waals surface area contributed by atoms with Gasteiger partial charge in [0.05, 0.1) is 0 Å². The standard InChI is InChI=1S/C20H12N2O3/c23-19-15-9-3-1-7-13(15)18(14-8-2-4-10-16(14)19)22-25-20(24)17-11-5-6-12-21-17/h1-12H. The van der Waals surface area contributed by atoms with Crippen molar-refractivity contribution < 1.29 is 14.4 Å². The molecule has 0 bridgehead atoms. The Morgan fingerprint density at radius 1 is 0.800 bits per heavy atom. The summed E-state index contributed by atoms with van der Waals surface area (Å²) in [4.78, 5) is 33.8. The van der Waals surface area contributed by atoms with E-state index < -0.39 is 5.97 Å². The predicted molar refractivity (Wildman–Crippen MR) is 91.6 cm³/mol. The van der Waals surface area contributed by atoms with Gasteiger partial charge in [0.25, 0.3) is 0 Å². The van der Waals surface area contributed by atoms with Crippen LogP contribution < -0.4 is 0 Å². The first kappa shape index (κ1) is 15.0. The summed E-state index contributed by atoms with van der Waals surface area (Å²) in [6.45, 7) is 0. The Hall–Kier alpha value is -3.60. The van der Waals surface area contributed by atoms with Crippen LogP contribution in [0.2, 0.25) is 0 Å². The molecule has 4 rings (SSSR count). The molecule has 1 heterocycles. The second-order valence-corrected chi connectivity index (χ2v) is 5.45. The normalized spacial score (nSPS) is 12.2. The van der Waals surface area contributed by atoms with Gasteiger partial charge >= 0.3 is 5.97 Å². The fourth-order valence-electron chi connectivity index (χ4n) is 2.78. The van der Waals surface area contributed by atoms with E-state index >= 15 is 0 Å². The second kappa shape index (κ2) is 6.13. The highest BCUT2D eigenvalue weighted by molar-refractivity contribution is 6.30. The maximum Gasteiger partial charge on any atom is 0.383 e. The molecule has 0 spiro atoms. The molecule has 3 aromatic rings. The first-order chi connectivity index (χ1) is 12.3. The molecule has 1 aromatic heterocycles. The van der Waals surface area contributed by atoms with Gasteiger partial charge in [-0.2, -0.15) is 0 Å². The maximum atomic E-state index is 12.6. The first-order valence-corrected chi connectivity index (χ1v) is 7.69. The highest BCUT2D eigenvalue weighted by Crippen LogP contribution is 2.27. The number of oxime groups is 1. The highest BCUT2D eigenvalue weighted by atomic mass is 16.7. The number of fused-ring (bicyclic) bond motifs is 2. The first-order valence-electron chi connectivity index (χ1n) is 7.69. The van der Waals surface area contributed by atoms with Crippen molar-refractivity contribution in [1.82, 2.24) is 4.98 Å². The molecule has 120 valence electrons. The van der Waals surface area contributed by atoms with E-state index in [1.165, 1.54) is 6.20 Å². The van der Waals surface area contributed by atoms with Gasteiger partial charge < -0.3 is 4.84 Å². The Labute approximate surface area is 143 Å². The van der Waals surface area contributed by atoms with Crippen LogP contribution in [-0.2, 0) is 4.84 Å². The fourth-order valence-corrected chi connectivity index (χ4v) is 2.78. The largest absolute Gasteiger partial charge is 0.383 e. The van der Waals surface area contributed by atoms with Crippen LogP contribution in [0.1, 0.15) is 37.5 Å². The van der Waals surface area contributed by atoms with E-state index in [2.05, 4.69) is 10.1 Å². The SMILES string of the molecule is O=C(ON=C1c2ccccc2C(=O)c2ccccc21)c1ccccn1. The summed E-state index contributed by atoms with van der Waals surface area (Å²) in [6.07, 6.45) is 1.51. The molecule has 0 atom stereocenters. The Balaban J connectivity index is 1.78. The Morgan fingerprint density at radius 3 is 1.92 bits per heavy atom. The molecule has 2 aromatic carbocycles. The predicted octanol–water partition coefficient (Wildman–Crippen LogP) is 3.24. The average Bonchev–Trinajstić information content (AvgIpc) is 2.68. The van der Waals surface area contributed by atoms with E-state index in [1.807, 2.05) is 12.1 Å². The zero-order valence-electron chi connectivity index (χ0n) is 13.0. The minimum atomic E-state index is -0.653. The quantitative estimate of drug-likeness (QED) is 0.418. The van der Waals surface area contributed by atoms with E-state index in [0.29, 0.717) is 28.0 Å². The van der Waals surface area contributed by atoms with Gasteiger partial charge in [0.15, 0.2) is 11.5 Å². The van der Waals surface area contributed by atoms with Crippen molar-refractivity contribution in [3.8, 4) is 0 Å². The monoisotopic (exact) mass is 328 g/mol. The van der Waals surface area contributed by atoms with Gasteiger partial charge in [0.2, 0.25) is 0 Å². The van der Waals surface area contributed by atoms with Gasteiger partial charge in [-0.1, -0.05) is 59.8 Å². The zero-order valence-corrected chi connectivity index (χ0v) is 13.0. The molecule has 5 heteroatoms. The summed E-state index contributed by atoms with van der Waals surface area (Å²) in [7, 11) is 0. The van der Waals surface area contributed by atoms with E-state index in [1.54, 1.807) is 54.6 Å². The Morgan fingerprint density at radius 2 is 1.36 bits per heavy atom. The fraction of sp³-hybridized carbons (Fsp3) is 0. The molecule has 0 N–H and O–H groups in total. The molecule has 0 amide bonds. The molecule has 0 saturated carbocycles. The van der Waals surface area contributed by atoms with Crippen molar-refractivity contribution in [2.45, 2.75) is 0 Å². The summed E-state index contributed by atoms with van der Waals surface area (Å²) in [5.41, 5.74) is 2.97. The molecule has 0 aliphatic heterocycles. The number of ketones is 1. The average molecular weight is 328 g/mol. The zero-order chi connectivity index (χ0) is 17.2. The van der Waals surface area contributed by atoms with Crippen molar-refractivity contribution >= 4 is 17.5 Å². The smallest absolute Gasteiger partial charge is 0.310 e. The summed E-state index contributed by atoms with van der Waals surface area (Å²) >= 11 is 0. The summed E-state index contributed by atoms with van der Waals surface area (Å²) in [5.74, 6) is -0.721. The number of nitrogens with zero attached hydrogens (tertiary/aromatic N) is 2. The number of hydrogen-bond donors (Lipinski definition) is 0. The minimum absolute atomic E-state index is 0.0683. The maximum absolute atomic E-state index is 12.6. The molecule has 25 heavy (non-hydrogen) atoms. The van der Waals surface area contributed by atoms with E-state index in [9.17, 15) is 9.59 Å². The van der Waals surface area contributed by atoms with Crippen LogP contribution in [0.4, 0.5) is 0 Å². The van der Waals surface area contributed by atoms with Crippen LogP contribution in [0.15, 0.2) is 78.1 Å².